The van der Waals surface area contributed by atoms with Crippen LogP contribution < -0.4 is 0 Å². The molecule has 0 amide bonds. The summed E-state index contributed by atoms with van der Waals surface area (Å²) in [6.45, 7) is 13.6. The van der Waals surface area contributed by atoms with E-state index in [0.717, 1.165) is 107 Å². The van der Waals surface area contributed by atoms with Gasteiger partial charge >= 0.3 is 0 Å². The molecule has 0 aromatic carbocycles. The Kier molecular flexibility index (Phi) is 13.7. The minimum atomic E-state index is 0.611. The van der Waals surface area contributed by atoms with Crippen molar-refractivity contribution >= 4 is 22.6 Å². The molecule has 0 radical (unpaired) electrons. The first-order chi connectivity index (χ1) is 25.8. The van der Waals surface area contributed by atoms with Crippen molar-refractivity contribution in [1.29, 1.82) is 0 Å². The van der Waals surface area contributed by atoms with E-state index in [-0.39, 0.29) is 0 Å². The van der Waals surface area contributed by atoms with Crippen LogP contribution in [0.25, 0.3) is 0 Å². The molecule has 1 heteroatoms. The lowest BCUT2D eigenvalue weighted by Crippen LogP contribution is -2.52. The average molecular weight is 841 g/mol. The van der Waals surface area contributed by atoms with E-state index in [1.165, 1.54) is 55.8 Å². The molecule has 18 atom stereocenters. The molecule has 0 bridgehead atoms. The van der Waals surface area contributed by atoms with Crippen molar-refractivity contribution in [3.8, 4) is 0 Å². The molecule has 8 aliphatic carbocycles. The number of hydrogen-bond acceptors (Lipinski definition) is 0. The zero-order chi connectivity index (χ0) is 36.7. The van der Waals surface area contributed by atoms with Crippen LogP contribution in [0.15, 0.2) is 0 Å². The van der Waals surface area contributed by atoms with Gasteiger partial charge in [-0.15, -0.1) is 0 Å². The van der Waals surface area contributed by atoms with Crippen LogP contribution >= 0.6 is 22.6 Å². The molecule has 0 aromatic heterocycles. The molecule has 0 aliphatic heterocycles. The number of alkyl halides is 1. The summed E-state index contributed by atoms with van der Waals surface area (Å²) >= 11 is 2.64. The molecule has 17 unspecified atom stereocenters. The summed E-state index contributed by atoms with van der Waals surface area (Å²) in [5, 5.41) is 0. The summed E-state index contributed by atoms with van der Waals surface area (Å²) in [6.07, 6.45) is 42.3. The summed E-state index contributed by atoms with van der Waals surface area (Å²) in [4.78, 5) is 0. The lowest BCUT2D eigenvalue weighted by molar-refractivity contribution is -0.100. The van der Waals surface area contributed by atoms with Crippen molar-refractivity contribution in [2.75, 3.05) is 4.43 Å². The summed E-state index contributed by atoms with van der Waals surface area (Å²) in [5.74, 6) is 18.9. The maximum absolute atomic E-state index is 2.86. The van der Waals surface area contributed by atoms with Crippen molar-refractivity contribution in [2.24, 2.45) is 112 Å². The molecule has 0 aromatic rings. The van der Waals surface area contributed by atoms with Crippen LogP contribution in [0.5, 0.6) is 0 Å². The van der Waals surface area contributed by atoms with Crippen molar-refractivity contribution in [3.63, 3.8) is 0 Å². The van der Waals surface area contributed by atoms with E-state index in [1.54, 1.807) is 122 Å². The van der Waals surface area contributed by atoms with Crippen LogP contribution in [0.2, 0.25) is 0 Å². The Morgan fingerprint density at radius 3 is 1.92 bits per heavy atom. The fraction of sp³-hybridized carbons (Fsp3) is 1.00. The molecule has 0 nitrogen and oxygen atoms in total. The van der Waals surface area contributed by atoms with Gasteiger partial charge < -0.3 is 0 Å². The Bertz CT molecular complexity index is 1140. The van der Waals surface area contributed by atoms with Gasteiger partial charge in [0.2, 0.25) is 0 Å². The minimum Gasteiger partial charge on any atom is -0.0864 e. The van der Waals surface area contributed by atoms with Gasteiger partial charge in [0.25, 0.3) is 0 Å². The molecule has 0 heterocycles. The molecule has 8 rings (SSSR count). The summed E-state index contributed by atoms with van der Waals surface area (Å²) < 4.78 is 1.37. The zero-order valence-corrected chi connectivity index (χ0v) is 38.2. The van der Waals surface area contributed by atoms with Gasteiger partial charge in [0.05, 0.1) is 0 Å². The highest BCUT2D eigenvalue weighted by atomic mass is 127. The van der Waals surface area contributed by atoms with Crippen LogP contribution in [0.1, 0.15) is 208 Å². The Morgan fingerprint density at radius 1 is 0.472 bits per heavy atom. The fourth-order valence-electron chi connectivity index (χ4n) is 18.4. The molecular weight excluding hydrogens is 751 g/mol. The van der Waals surface area contributed by atoms with E-state index in [9.17, 15) is 0 Å². The molecule has 53 heavy (non-hydrogen) atoms. The first-order valence-electron chi connectivity index (χ1n) is 25.4. The standard InChI is InChI=1S/C52H89I/c1-6-7-17-40-35(3)46(32-38-26-23-36(16-14-29-53)30-47(38)40)49-33-48(39-18-9-8-15-34(39)2)43(41-19-10-11-20-42(41)49)27-24-37-25-28-45-44-21-12-13-22-50(44)52(4,5)51(45)31-37/h34-51H,6-33H2,1-5H3/t34?,35-,36?,37?,38?,39?,40?,41?,42?,43?,44?,45?,46?,47?,48?,49?,50?,51?/m1/s1. The maximum Gasteiger partial charge on any atom is -0.000463 e. The fourth-order valence-corrected chi connectivity index (χ4v) is 18.8. The lowest BCUT2D eigenvalue weighted by atomic mass is 9.46. The van der Waals surface area contributed by atoms with E-state index in [4.69, 9.17) is 0 Å². The van der Waals surface area contributed by atoms with Crippen molar-refractivity contribution < 1.29 is 0 Å². The van der Waals surface area contributed by atoms with Crippen LogP contribution in [0, 0.1) is 112 Å². The quantitative estimate of drug-likeness (QED) is 0.144. The second-order valence-electron chi connectivity index (χ2n) is 23.2. The maximum atomic E-state index is 2.86. The number of fused-ring (bicyclic) bond motifs is 5. The average Bonchev–Trinajstić information content (AvgIpc) is 3.41. The van der Waals surface area contributed by atoms with Gasteiger partial charge in [-0.1, -0.05) is 134 Å². The molecule has 0 saturated heterocycles. The Morgan fingerprint density at radius 2 is 1.15 bits per heavy atom. The molecule has 8 aliphatic rings. The third-order valence-electron chi connectivity index (χ3n) is 20.8. The second-order valence-corrected chi connectivity index (χ2v) is 24.2. The van der Waals surface area contributed by atoms with Gasteiger partial charge in [-0.25, -0.2) is 0 Å². The first-order valence-corrected chi connectivity index (χ1v) is 26.9. The Labute approximate surface area is 345 Å². The highest BCUT2D eigenvalue weighted by Gasteiger charge is 2.57. The molecule has 304 valence electrons. The van der Waals surface area contributed by atoms with E-state index in [0.29, 0.717) is 5.41 Å². The van der Waals surface area contributed by atoms with Crippen molar-refractivity contribution in [1.82, 2.24) is 0 Å². The van der Waals surface area contributed by atoms with Gasteiger partial charge in [0.1, 0.15) is 0 Å². The molecular formula is C52H89I. The van der Waals surface area contributed by atoms with E-state index >= 15 is 0 Å². The van der Waals surface area contributed by atoms with Crippen LogP contribution in [0.4, 0.5) is 0 Å². The number of rotatable bonds is 11. The third kappa shape index (κ3) is 8.19. The Hall–Kier alpha value is 0.730. The predicted octanol–water partition coefficient (Wildman–Crippen LogP) is 16.2. The number of unbranched alkanes of at least 4 members (excludes halogenated alkanes) is 1. The monoisotopic (exact) mass is 841 g/mol. The Balaban J connectivity index is 1.02. The lowest BCUT2D eigenvalue weighted by Gasteiger charge is -2.59. The predicted molar refractivity (Wildman–Crippen MR) is 237 cm³/mol. The highest BCUT2D eigenvalue weighted by molar-refractivity contribution is 14.1. The molecule has 8 saturated carbocycles. The van der Waals surface area contributed by atoms with E-state index in [1.807, 2.05) is 0 Å². The SMILES string of the molecule is CCCCC1C2CC(CCCI)CCC2CC(C2CC(C3CCCCC3C)C(CCC3CCC4C5CCCCC5C(C)(C)C4C3)C3CCCCC32)[C@@H]1C. The van der Waals surface area contributed by atoms with Crippen LogP contribution in [0.3, 0.4) is 0 Å². The highest BCUT2D eigenvalue weighted by Crippen LogP contribution is 2.65. The second kappa shape index (κ2) is 17.9. The summed E-state index contributed by atoms with van der Waals surface area (Å²) in [6, 6.07) is 0. The van der Waals surface area contributed by atoms with Crippen molar-refractivity contribution in [3.05, 3.63) is 0 Å². The third-order valence-corrected chi connectivity index (χ3v) is 21.6. The van der Waals surface area contributed by atoms with Gasteiger partial charge in [-0.05, 0) is 213 Å². The zero-order valence-electron chi connectivity index (χ0n) is 36.1. The largest absolute Gasteiger partial charge is 0.0864 e. The first kappa shape index (κ1) is 40.5. The van der Waals surface area contributed by atoms with Crippen molar-refractivity contribution in [2.45, 2.75) is 208 Å². The number of halogens is 1. The summed E-state index contributed by atoms with van der Waals surface area (Å²) in [5.41, 5.74) is 0.611. The van der Waals surface area contributed by atoms with Gasteiger partial charge in [-0.2, -0.15) is 0 Å². The van der Waals surface area contributed by atoms with Gasteiger partial charge in [0, 0.05) is 0 Å². The molecule has 0 N–H and O–H groups in total. The number of hydrogen-bond donors (Lipinski definition) is 0. The van der Waals surface area contributed by atoms with Gasteiger partial charge in [-0.3, -0.25) is 0 Å². The summed E-state index contributed by atoms with van der Waals surface area (Å²) in [7, 11) is 0. The van der Waals surface area contributed by atoms with Crippen LogP contribution in [-0.4, -0.2) is 4.43 Å². The van der Waals surface area contributed by atoms with E-state index in [2.05, 4.69) is 57.2 Å². The molecule has 8 fully saturated rings. The van der Waals surface area contributed by atoms with Gasteiger partial charge in [0.15, 0.2) is 0 Å². The van der Waals surface area contributed by atoms with E-state index < -0.39 is 0 Å². The normalized spacial score (nSPS) is 49.7. The molecule has 0 spiro atoms. The minimum absolute atomic E-state index is 0.611. The van der Waals surface area contributed by atoms with Crippen LogP contribution in [-0.2, 0) is 0 Å². The topological polar surface area (TPSA) is 0 Å². The smallest absolute Gasteiger partial charge is 0.000463 e.